The molecule has 0 aromatic rings. The van der Waals surface area contributed by atoms with E-state index in [4.69, 9.17) is 4.74 Å². The van der Waals surface area contributed by atoms with Gasteiger partial charge in [-0.1, -0.05) is 0 Å². The third kappa shape index (κ3) is 4.49. The first-order chi connectivity index (χ1) is 7.04. The van der Waals surface area contributed by atoms with Crippen LogP contribution in [0.1, 0.15) is 33.6 Å². The van der Waals surface area contributed by atoms with Crippen LogP contribution in [0.2, 0.25) is 0 Å². The van der Waals surface area contributed by atoms with E-state index in [2.05, 4.69) is 31.0 Å². The van der Waals surface area contributed by atoms with Crippen LogP contribution >= 0.6 is 0 Å². The van der Waals surface area contributed by atoms with Crippen molar-refractivity contribution in [2.24, 2.45) is 0 Å². The number of hydrogen-bond acceptors (Lipinski definition) is 3. The molecule has 3 nitrogen and oxygen atoms in total. The monoisotopic (exact) mass is 214 g/mol. The van der Waals surface area contributed by atoms with Gasteiger partial charge in [0.05, 0.1) is 6.61 Å². The molecular formula is C12H26N2O. The average molecular weight is 214 g/mol. The van der Waals surface area contributed by atoms with Gasteiger partial charge in [-0.25, -0.2) is 0 Å². The predicted molar refractivity (Wildman–Crippen MR) is 64.2 cm³/mol. The molecule has 1 saturated heterocycles. The number of nitrogens with zero attached hydrogens (tertiary/aromatic N) is 1. The molecular weight excluding hydrogens is 188 g/mol. The van der Waals surface area contributed by atoms with Crippen molar-refractivity contribution in [3.63, 3.8) is 0 Å². The lowest BCUT2D eigenvalue weighted by molar-refractivity contribution is 0.0938. The van der Waals surface area contributed by atoms with Crippen molar-refractivity contribution >= 4 is 0 Å². The first-order valence-corrected chi connectivity index (χ1v) is 6.01. The van der Waals surface area contributed by atoms with Crippen molar-refractivity contribution in [2.45, 2.75) is 45.2 Å². The van der Waals surface area contributed by atoms with E-state index in [-0.39, 0.29) is 0 Å². The Bertz CT molecular complexity index is 169. The highest BCUT2D eigenvalue weighted by molar-refractivity contribution is 4.84. The zero-order valence-corrected chi connectivity index (χ0v) is 10.7. The van der Waals surface area contributed by atoms with Gasteiger partial charge in [0.25, 0.3) is 0 Å². The summed E-state index contributed by atoms with van der Waals surface area (Å²) in [6.07, 6.45) is 2.53. The first kappa shape index (κ1) is 12.9. The molecule has 0 spiro atoms. The number of nitrogens with one attached hydrogen (secondary N) is 1. The molecule has 0 unspecified atom stereocenters. The van der Waals surface area contributed by atoms with E-state index >= 15 is 0 Å². The number of rotatable bonds is 4. The minimum atomic E-state index is 0.331. The molecule has 3 heteroatoms. The van der Waals surface area contributed by atoms with Gasteiger partial charge in [-0.15, -0.1) is 0 Å². The Morgan fingerprint density at radius 1 is 1.27 bits per heavy atom. The van der Waals surface area contributed by atoms with Gasteiger partial charge in [0.2, 0.25) is 0 Å². The predicted octanol–water partition coefficient (Wildman–Crippen LogP) is 1.49. The molecule has 0 atom stereocenters. The molecule has 1 N–H and O–H groups in total. The van der Waals surface area contributed by atoms with Crippen molar-refractivity contribution in [3.8, 4) is 0 Å². The van der Waals surface area contributed by atoms with E-state index in [1.165, 1.54) is 25.9 Å². The summed E-state index contributed by atoms with van der Waals surface area (Å²) in [6, 6.07) is 0.693. The van der Waals surface area contributed by atoms with Crippen LogP contribution in [0, 0.1) is 0 Å². The summed E-state index contributed by atoms with van der Waals surface area (Å²) in [6.45, 7) is 11.1. The summed E-state index contributed by atoms with van der Waals surface area (Å²) in [5.74, 6) is 0. The van der Waals surface area contributed by atoms with Crippen molar-refractivity contribution in [1.29, 1.82) is 0 Å². The SMILES string of the molecule is COCCNC1CCN(C(C)(C)C)CC1. The van der Waals surface area contributed by atoms with Crippen molar-refractivity contribution < 1.29 is 4.74 Å². The molecule has 0 radical (unpaired) electrons. The van der Waals surface area contributed by atoms with Crippen LogP contribution in [0.4, 0.5) is 0 Å². The number of likely N-dealkylation sites (tertiary alicyclic amines) is 1. The molecule has 1 aliphatic heterocycles. The van der Waals surface area contributed by atoms with Gasteiger partial charge < -0.3 is 10.1 Å². The lowest BCUT2D eigenvalue weighted by Gasteiger charge is -2.41. The van der Waals surface area contributed by atoms with E-state index in [0.29, 0.717) is 11.6 Å². The van der Waals surface area contributed by atoms with Crippen LogP contribution in [0.15, 0.2) is 0 Å². The van der Waals surface area contributed by atoms with Crippen LogP contribution in [0.3, 0.4) is 0 Å². The second-order valence-electron chi connectivity index (χ2n) is 5.38. The highest BCUT2D eigenvalue weighted by atomic mass is 16.5. The minimum absolute atomic E-state index is 0.331. The van der Waals surface area contributed by atoms with Gasteiger partial charge in [-0.05, 0) is 33.6 Å². The maximum atomic E-state index is 5.04. The molecule has 1 aliphatic rings. The summed E-state index contributed by atoms with van der Waals surface area (Å²) in [5.41, 5.74) is 0.331. The molecule has 1 rings (SSSR count). The van der Waals surface area contributed by atoms with Crippen LogP contribution in [-0.2, 0) is 4.74 Å². The van der Waals surface area contributed by atoms with E-state index in [9.17, 15) is 0 Å². The van der Waals surface area contributed by atoms with Gasteiger partial charge in [-0.2, -0.15) is 0 Å². The molecule has 0 aromatic heterocycles. The molecule has 1 heterocycles. The van der Waals surface area contributed by atoms with Crippen molar-refractivity contribution in [3.05, 3.63) is 0 Å². The number of piperidine rings is 1. The van der Waals surface area contributed by atoms with E-state index < -0.39 is 0 Å². The summed E-state index contributed by atoms with van der Waals surface area (Å²) in [4.78, 5) is 2.57. The van der Waals surface area contributed by atoms with Gasteiger partial charge in [0.1, 0.15) is 0 Å². The fourth-order valence-electron chi connectivity index (χ4n) is 2.12. The minimum Gasteiger partial charge on any atom is -0.383 e. The highest BCUT2D eigenvalue weighted by Crippen LogP contribution is 2.19. The second kappa shape index (κ2) is 5.83. The molecule has 0 aliphatic carbocycles. The van der Waals surface area contributed by atoms with E-state index in [1.54, 1.807) is 7.11 Å². The van der Waals surface area contributed by atoms with Gasteiger partial charge in [0.15, 0.2) is 0 Å². The molecule has 0 saturated carbocycles. The normalized spacial score (nSPS) is 20.8. The summed E-state index contributed by atoms with van der Waals surface area (Å²) in [7, 11) is 1.75. The smallest absolute Gasteiger partial charge is 0.0587 e. The summed E-state index contributed by atoms with van der Waals surface area (Å²) in [5, 5.41) is 3.54. The van der Waals surface area contributed by atoms with Crippen molar-refractivity contribution in [2.75, 3.05) is 33.4 Å². The Morgan fingerprint density at radius 3 is 2.33 bits per heavy atom. The first-order valence-electron chi connectivity index (χ1n) is 6.01. The number of hydrogen-bond donors (Lipinski definition) is 1. The van der Waals surface area contributed by atoms with Crippen LogP contribution in [0.25, 0.3) is 0 Å². The zero-order valence-electron chi connectivity index (χ0n) is 10.7. The van der Waals surface area contributed by atoms with E-state index in [1.807, 2.05) is 0 Å². The molecule has 15 heavy (non-hydrogen) atoms. The Kier molecular flexibility index (Phi) is 5.03. The van der Waals surface area contributed by atoms with Gasteiger partial charge in [0, 0.05) is 38.3 Å². The zero-order chi connectivity index (χ0) is 11.3. The summed E-state index contributed by atoms with van der Waals surface area (Å²) < 4.78 is 5.04. The number of ether oxygens (including phenoxy) is 1. The topological polar surface area (TPSA) is 24.5 Å². The largest absolute Gasteiger partial charge is 0.383 e. The lowest BCUT2D eigenvalue weighted by atomic mass is 9.98. The standard InChI is InChI=1S/C12H26N2O/c1-12(2,3)14-8-5-11(6-9-14)13-7-10-15-4/h11,13H,5-10H2,1-4H3. The van der Waals surface area contributed by atoms with Crippen LogP contribution in [-0.4, -0.2) is 49.8 Å². The van der Waals surface area contributed by atoms with Gasteiger partial charge in [-0.3, -0.25) is 4.90 Å². The number of methoxy groups -OCH3 is 1. The average Bonchev–Trinajstić information content (AvgIpc) is 2.18. The van der Waals surface area contributed by atoms with E-state index in [0.717, 1.165) is 13.2 Å². The quantitative estimate of drug-likeness (QED) is 0.718. The second-order valence-corrected chi connectivity index (χ2v) is 5.38. The third-order valence-electron chi connectivity index (χ3n) is 3.18. The highest BCUT2D eigenvalue weighted by Gasteiger charge is 2.26. The van der Waals surface area contributed by atoms with Crippen LogP contribution < -0.4 is 5.32 Å². The fraction of sp³-hybridized carbons (Fsp3) is 1.00. The molecule has 0 amide bonds. The Balaban J connectivity index is 2.18. The maximum Gasteiger partial charge on any atom is 0.0587 e. The molecule has 0 bridgehead atoms. The maximum absolute atomic E-state index is 5.04. The Hall–Kier alpha value is -0.120. The molecule has 1 fully saturated rings. The van der Waals surface area contributed by atoms with Gasteiger partial charge >= 0.3 is 0 Å². The molecule has 0 aromatic carbocycles. The van der Waals surface area contributed by atoms with Crippen molar-refractivity contribution in [1.82, 2.24) is 10.2 Å². The third-order valence-corrected chi connectivity index (χ3v) is 3.18. The Labute approximate surface area is 94.2 Å². The summed E-state index contributed by atoms with van der Waals surface area (Å²) >= 11 is 0. The molecule has 90 valence electrons. The Morgan fingerprint density at radius 2 is 1.87 bits per heavy atom. The van der Waals surface area contributed by atoms with Crippen LogP contribution in [0.5, 0.6) is 0 Å². The lowest BCUT2D eigenvalue weighted by Crippen LogP contribution is -2.50. The fourth-order valence-corrected chi connectivity index (χ4v) is 2.12.